The van der Waals surface area contributed by atoms with Gasteiger partial charge in [-0.15, -0.1) is 0 Å². The van der Waals surface area contributed by atoms with E-state index >= 15 is 0 Å². The lowest BCUT2D eigenvalue weighted by molar-refractivity contribution is -0.136. The number of H-pyrrole nitrogens is 1. The van der Waals surface area contributed by atoms with E-state index in [1.165, 1.54) is 12.1 Å². The summed E-state index contributed by atoms with van der Waals surface area (Å²) in [4.78, 5) is 13.8. The Hall–Kier alpha value is -2.36. The van der Waals surface area contributed by atoms with Crippen molar-refractivity contribution in [2.24, 2.45) is 0 Å². The summed E-state index contributed by atoms with van der Waals surface area (Å²) < 4.78 is 13.8. The Labute approximate surface area is 102 Å². The molecule has 0 aliphatic carbocycles. The highest BCUT2D eigenvalue weighted by atomic mass is 19.1. The molecule has 0 aliphatic heterocycles. The number of fused-ring (bicyclic) bond motifs is 3. The smallest absolute Gasteiger partial charge is 0.307 e. The van der Waals surface area contributed by atoms with E-state index in [1.54, 1.807) is 0 Å². The summed E-state index contributed by atoms with van der Waals surface area (Å²) in [6.07, 6.45) is -0.112. The van der Waals surface area contributed by atoms with Crippen molar-refractivity contribution in [3.63, 3.8) is 0 Å². The molecule has 0 unspecified atom stereocenters. The van der Waals surface area contributed by atoms with E-state index in [1.807, 2.05) is 24.3 Å². The van der Waals surface area contributed by atoms with Gasteiger partial charge in [0.2, 0.25) is 0 Å². The number of hydrogen-bond acceptors (Lipinski definition) is 1. The lowest BCUT2D eigenvalue weighted by atomic mass is 10.0. The molecule has 1 aromatic heterocycles. The second-order valence-electron chi connectivity index (χ2n) is 4.20. The summed E-state index contributed by atoms with van der Waals surface area (Å²) in [6.45, 7) is 0. The molecule has 0 amide bonds. The number of aliphatic carboxylic acids is 1. The monoisotopic (exact) mass is 243 g/mol. The Morgan fingerprint density at radius 2 is 2.00 bits per heavy atom. The zero-order chi connectivity index (χ0) is 12.7. The van der Waals surface area contributed by atoms with Crippen molar-refractivity contribution in [1.82, 2.24) is 4.98 Å². The maximum Gasteiger partial charge on any atom is 0.307 e. The number of hydrogen-bond donors (Lipinski definition) is 2. The van der Waals surface area contributed by atoms with E-state index in [9.17, 15) is 9.18 Å². The summed E-state index contributed by atoms with van der Waals surface area (Å²) >= 11 is 0. The highest BCUT2D eigenvalue weighted by Crippen LogP contribution is 2.30. The van der Waals surface area contributed by atoms with Gasteiger partial charge in [0.05, 0.1) is 11.9 Å². The molecule has 0 atom stereocenters. The number of aromatic nitrogens is 1. The highest BCUT2D eigenvalue weighted by molar-refractivity contribution is 6.09. The van der Waals surface area contributed by atoms with E-state index in [4.69, 9.17) is 5.11 Å². The van der Waals surface area contributed by atoms with Gasteiger partial charge in [0.15, 0.2) is 0 Å². The first kappa shape index (κ1) is 10.8. The van der Waals surface area contributed by atoms with Gasteiger partial charge >= 0.3 is 5.97 Å². The van der Waals surface area contributed by atoms with Crippen molar-refractivity contribution in [3.8, 4) is 0 Å². The number of halogens is 1. The third-order valence-corrected chi connectivity index (χ3v) is 3.04. The second kappa shape index (κ2) is 3.84. The van der Waals surface area contributed by atoms with Crippen LogP contribution in [0.5, 0.6) is 0 Å². The number of aromatic amines is 1. The zero-order valence-electron chi connectivity index (χ0n) is 9.40. The largest absolute Gasteiger partial charge is 0.481 e. The summed E-state index contributed by atoms with van der Waals surface area (Å²) in [7, 11) is 0. The minimum Gasteiger partial charge on any atom is -0.481 e. The number of para-hydroxylation sites is 1. The van der Waals surface area contributed by atoms with E-state index < -0.39 is 5.97 Å². The maximum absolute atomic E-state index is 13.8. The molecule has 3 nitrogen and oxygen atoms in total. The number of carboxylic acids is 1. The third-order valence-electron chi connectivity index (χ3n) is 3.04. The Balaban J connectivity index is 2.43. The van der Waals surface area contributed by atoms with Gasteiger partial charge in [0, 0.05) is 16.3 Å². The van der Waals surface area contributed by atoms with E-state index in [0.717, 1.165) is 10.9 Å². The second-order valence-corrected chi connectivity index (χ2v) is 4.20. The molecular formula is C14H10FNO2. The van der Waals surface area contributed by atoms with Crippen molar-refractivity contribution >= 4 is 27.8 Å². The average molecular weight is 243 g/mol. The van der Waals surface area contributed by atoms with Crippen LogP contribution >= 0.6 is 0 Å². The summed E-state index contributed by atoms with van der Waals surface area (Å²) in [5.74, 6) is -1.29. The van der Waals surface area contributed by atoms with Crippen LogP contribution in [0.2, 0.25) is 0 Å². The molecule has 0 fully saturated rings. The van der Waals surface area contributed by atoms with Crippen LogP contribution in [-0.4, -0.2) is 16.1 Å². The number of carbonyl (C=O) groups is 1. The van der Waals surface area contributed by atoms with Crippen LogP contribution in [0.1, 0.15) is 5.56 Å². The molecule has 2 N–H and O–H groups in total. The standard InChI is InChI=1S/C14H10FNO2/c15-10-6-5-8(7-12(17)18)13-9-3-1-2-4-11(9)16-14(10)13/h1-6,16H,7H2,(H,17,18). The molecule has 3 rings (SSSR count). The molecule has 1 heterocycles. The van der Waals surface area contributed by atoms with Crippen LogP contribution in [0.15, 0.2) is 36.4 Å². The molecule has 0 spiro atoms. The lowest BCUT2D eigenvalue weighted by Gasteiger charge is -2.01. The first-order valence-electron chi connectivity index (χ1n) is 5.56. The fraction of sp³-hybridized carbons (Fsp3) is 0.0714. The van der Waals surface area contributed by atoms with Gasteiger partial charge in [-0.1, -0.05) is 24.3 Å². The van der Waals surface area contributed by atoms with Crippen LogP contribution in [-0.2, 0) is 11.2 Å². The third kappa shape index (κ3) is 1.54. The fourth-order valence-electron chi connectivity index (χ4n) is 2.31. The van der Waals surface area contributed by atoms with Crippen LogP contribution in [0.3, 0.4) is 0 Å². The predicted molar refractivity (Wildman–Crippen MR) is 67.1 cm³/mol. The Bertz CT molecular complexity index is 761. The van der Waals surface area contributed by atoms with Crippen molar-refractivity contribution in [3.05, 3.63) is 47.8 Å². The molecule has 4 heteroatoms. The Morgan fingerprint density at radius 1 is 1.22 bits per heavy atom. The van der Waals surface area contributed by atoms with Crippen molar-refractivity contribution < 1.29 is 14.3 Å². The number of nitrogens with one attached hydrogen (secondary N) is 1. The highest BCUT2D eigenvalue weighted by Gasteiger charge is 2.13. The van der Waals surface area contributed by atoms with Crippen molar-refractivity contribution in [2.75, 3.05) is 0 Å². The molecule has 0 bridgehead atoms. The first-order chi connectivity index (χ1) is 8.66. The van der Waals surface area contributed by atoms with Crippen LogP contribution in [0.25, 0.3) is 21.8 Å². The van der Waals surface area contributed by atoms with Crippen LogP contribution < -0.4 is 0 Å². The van der Waals surface area contributed by atoms with Crippen LogP contribution in [0.4, 0.5) is 4.39 Å². The van der Waals surface area contributed by atoms with Crippen molar-refractivity contribution in [2.45, 2.75) is 6.42 Å². The zero-order valence-corrected chi connectivity index (χ0v) is 9.40. The van der Waals surface area contributed by atoms with Crippen molar-refractivity contribution in [1.29, 1.82) is 0 Å². The average Bonchev–Trinajstić information content (AvgIpc) is 2.73. The molecule has 3 aromatic rings. The van der Waals surface area contributed by atoms with Gasteiger partial charge in [0.1, 0.15) is 5.82 Å². The van der Waals surface area contributed by atoms with Gasteiger partial charge in [-0.05, 0) is 17.7 Å². The van der Waals surface area contributed by atoms with Crippen LogP contribution in [0, 0.1) is 5.82 Å². The summed E-state index contributed by atoms with van der Waals surface area (Å²) in [5.41, 5.74) is 1.80. The Morgan fingerprint density at radius 3 is 2.78 bits per heavy atom. The normalized spacial score (nSPS) is 11.2. The number of rotatable bonds is 2. The summed E-state index contributed by atoms with van der Waals surface area (Å²) in [6, 6.07) is 10.2. The predicted octanol–water partition coefficient (Wildman–Crippen LogP) is 3.09. The van der Waals surface area contributed by atoms with E-state index in [2.05, 4.69) is 4.98 Å². The van der Waals surface area contributed by atoms with Gasteiger partial charge in [-0.25, -0.2) is 4.39 Å². The summed E-state index contributed by atoms with van der Waals surface area (Å²) in [5, 5.41) is 10.4. The van der Waals surface area contributed by atoms with E-state index in [0.29, 0.717) is 16.5 Å². The molecule has 0 saturated carbocycles. The van der Waals surface area contributed by atoms with Gasteiger partial charge in [-0.3, -0.25) is 4.79 Å². The molecule has 0 radical (unpaired) electrons. The number of carboxylic acid groups (broad SMARTS) is 1. The van der Waals surface area contributed by atoms with Gasteiger partial charge < -0.3 is 10.1 Å². The quantitative estimate of drug-likeness (QED) is 0.726. The van der Waals surface area contributed by atoms with E-state index in [-0.39, 0.29) is 12.2 Å². The van der Waals surface area contributed by atoms with Gasteiger partial charge in [-0.2, -0.15) is 0 Å². The minimum absolute atomic E-state index is 0.112. The topological polar surface area (TPSA) is 53.1 Å². The first-order valence-corrected chi connectivity index (χ1v) is 5.56. The minimum atomic E-state index is -0.923. The molecule has 90 valence electrons. The lowest BCUT2D eigenvalue weighted by Crippen LogP contribution is -2.00. The Kier molecular flexibility index (Phi) is 2.30. The molecular weight excluding hydrogens is 233 g/mol. The van der Waals surface area contributed by atoms with Gasteiger partial charge in [0.25, 0.3) is 0 Å². The molecule has 2 aromatic carbocycles. The fourth-order valence-corrected chi connectivity index (χ4v) is 2.31. The maximum atomic E-state index is 13.8. The molecule has 0 aliphatic rings. The SMILES string of the molecule is O=C(O)Cc1ccc(F)c2[nH]c3ccccc3c12. The molecule has 0 saturated heterocycles. The number of benzene rings is 2. The molecule has 18 heavy (non-hydrogen) atoms.